The van der Waals surface area contributed by atoms with E-state index >= 15 is 0 Å². The standard InChI is InChI=1S/C17H18BrNO4/c1-9(2)23-15-7-11-10(6-14(15)22-3)4-5-19-13(17(20)21)8-12(18)16(11)19/h6-9H,4-5H2,1-3H3,(H,20,21). The van der Waals surface area contributed by atoms with Gasteiger partial charge in [-0.2, -0.15) is 0 Å². The van der Waals surface area contributed by atoms with Gasteiger partial charge in [0.1, 0.15) is 5.69 Å². The van der Waals surface area contributed by atoms with Crippen LogP contribution in [0, 0.1) is 0 Å². The summed E-state index contributed by atoms with van der Waals surface area (Å²) >= 11 is 3.50. The summed E-state index contributed by atoms with van der Waals surface area (Å²) in [7, 11) is 1.62. The number of nitrogens with zero attached hydrogens (tertiary/aromatic N) is 1. The van der Waals surface area contributed by atoms with Crippen LogP contribution >= 0.6 is 15.9 Å². The van der Waals surface area contributed by atoms with Crippen molar-refractivity contribution in [2.24, 2.45) is 0 Å². The van der Waals surface area contributed by atoms with Gasteiger partial charge in [0.25, 0.3) is 0 Å². The van der Waals surface area contributed by atoms with Crippen LogP contribution in [0.3, 0.4) is 0 Å². The van der Waals surface area contributed by atoms with Gasteiger partial charge in [0.05, 0.1) is 18.9 Å². The second kappa shape index (κ2) is 5.92. The molecule has 1 N–H and O–H groups in total. The van der Waals surface area contributed by atoms with Gasteiger partial charge < -0.3 is 19.1 Å². The normalized spacial score (nSPS) is 12.7. The molecule has 0 unspecified atom stereocenters. The van der Waals surface area contributed by atoms with E-state index < -0.39 is 5.97 Å². The molecule has 0 atom stereocenters. The van der Waals surface area contributed by atoms with Gasteiger partial charge in [-0.15, -0.1) is 0 Å². The van der Waals surface area contributed by atoms with Gasteiger partial charge in [-0.1, -0.05) is 0 Å². The second-order valence-electron chi connectivity index (χ2n) is 5.76. The minimum Gasteiger partial charge on any atom is -0.493 e. The molecular weight excluding hydrogens is 362 g/mol. The monoisotopic (exact) mass is 379 g/mol. The molecule has 1 aromatic heterocycles. The molecule has 0 bridgehead atoms. The van der Waals surface area contributed by atoms with Crippen LogP contribution < -0.4 is 9.47 Å². The number of halogens is 1. The number of aromatic nitrogens is 1. The summed E-state index contributed by atoms with van der Waals surface area (Å²) in [5.74, 6) is 0.444. The topological polar surface area (TPSA) is 60.7 Å². The fourth-order valence-corrected chi connectivity index (χ4v) is 3.61. The van der Waals surface area contributed by atoms with Crippen molar-refractivity contribution >= 4 is 21.9 Å². The molecule has 2 heterocycles. The summed E-state index contributed by atoms with van der Waals surface area (Å²) in [4.78, 5) is 11.4. The van der Waals surface area contributed by atoms with E-state index in [-0.39, 0.29) is 6.10 Å². The van der Waals surface area contributed by atoms with Crippen LogP contribution in [0.15, 0.2) is 22.7 Å². The van der Waals surface area contributed by atoms with Gasteiger partial charge in [-0.3, -0.25) is 0 Å². The Kier molecular flexibility index (Phi) is 4.10. The van der Waals surface area contributed by atoms with Crippen LogP contribution in [0.25, 0.3) is 11.3 Å². The quantitative estimate of drug-likeness (QED) is 0.872. The Hall–Kier alpha value is -1.95. The van der Waals surface area contributed by atoms with Crippen LogP contribution in [-0.4, -0.2) is 28.9 Å². The van der Waals surface area contributed by atoms with Gasteiger partial charge in [0, 0.05) is 16.6 Å². The van der Waals surface area contributed by atoms with Crippen LogP contribution in [-0.2, 0) is 13.0 Å². The number of carboxylic acids is 1. The van der Waals surface area contributed by atoms with Crippen molar-refractivity contribution in [2.45, 2.75) is 32.9 Å². The SMILES string of the molecule is COc1cc2c(cc1OC(C)C)-c1c(Br)cc(C(=O)O)n1CC2. The van der Waals surface area contributed by atoms with E-state index in [0.717, 1.165) is 27.7 Å². The number of carbonyl (C=O) groups is 1. The third kappa shape index (κ3) is 2.72. The van der Waals surface area contributed by atoms with E-state index in [1.54, 1.807) is 13.2 Å². The molecule has 1 aliphatic rings. The first-order valence-corrected chi connectivity index (χ1v) is 8.22. The number of hydrogen-bond donors (Lipinski definition) is 1. The second-order valence-corrected chi connectivity index (χ2v) is 6.61. The van der Waals surface area contributed by atoms with Gasteiger partial charge in [-0.05, 0) is 60.0 Å². The van der Waals surface area contributed by atoms with E-state index in [1.165, 1.54) is 0 Å². The van der Waals surface area contributed by atoms with E-state index in [1.807, 2.05) is 30.5 Å². The molecule has 0 fully saturated rings. The minimum absolute atomic E-state index is 0.0235. The number of aryl methyl sites for hydroxylation is 1. The Morgan fingerprint density at radius 1 is 1.30 bits per heavy atom. The van der Waals surface area contributed by atoms with Crippen molar-refractivity contribution in [1.29, 1.82) is 0 Å². The number of hydrogen-bond acceptors (Lipinski definition) is 3. The Bertz CT molecular complexity index is 779. The molecule has 1 aliphatic heterocycles. The maximum absolute atomic E-state index is 11.4. The predicted octanol–water partition coefficient (Wildman–Crippen LogP) is 3.97. The van der Waals surface area contributed by atoms with Crippen molar-refractivity contribution in [2.75, 3.05) is 7.11 Å². The van der Waals surface area contributed by atoms with Crippen molar-refractivity contribution < 1.29 is 19.4 Å². The molecule has 6 heteroatoms. The van der Waals surface area contributed by atoms with Gasteiger partial charge in [-0.25, -0.2) is 4.79 Å². The van der Waals surface area contributed by atoms with E-state index in [9.17, 15) is 9.90 Å². The van der Waals surface area contributed by atoms with E-state index in [0.29, 0.717) is 23.7 Å². The van der Waals surface area contributed by atoms with Gasteiger partial charge in [0.15, 0.2) is 11.5 Å². The summed E-state index contributed by atoms with van der Waals surface area (Å²) in [6.07, 6.45) is 0.776. The summed E-state index contributed by atoms with van der Waals surface area (Å²) in [5.41, 5.74) is 3.27. The van der Waals surface area contributed by atoms with Crippen LogP contribution in [0.1, 0.15) is 29.9 Å². The van der Waals surface area contributed by atoms with E-state index in [2.05, 4.69) is 15.9 Å². The zero-order valence-corrected chi connectivity index (χ0v) is 14.8. The lowest BCUT2D eigenvalue weighted by atomic mass is 9.97. The van der Waals surface area contributed by atoms with Crippen LogP contribution in [0.2, 0.25) is 0 Å². The first-order valence-electron chi connectivity index (χ1n) is 7.42. The predicted molar refractivity (Wildman–Crippen MR) is 90.5 cm³/mol. The third-order valence-corrected chi connectivity index (χ3v) is 4.49. The first kappa shape index (κ1) is 15.9. The Balaban J connectivity index is 2.20. The Labute approximate surface area is 143 Å². The molecule has 1 aromatic carbocycles. The van der Waals surface area contributed by atoms with Gasteiger partial charge in [0.2, 0.25) is 0 Å². The maximum Gasteiger partial charge on any atom is 0.352 e. The largest absolute Gasteiger partial charge is 0.493 e. The number of carboxylic acid groups (broad SMARTS) is 1. The lowest BCUT2D eigenvalue weighted by molar-refractivity contribution is 0.0685. The number of methoxy groups -OCH3 is 1. The van der Waals surface area contributed by atoms with Crippen molar-refractivity contribution in [3.05, 3.63) is 33.9 Å². The fourth-order valence-electron chi connectivity index (χ4n) is 2.97. The maximum atomic E-state index is 11.4. The molecule has 122 valence electrons. The molecule has 0 aliphatic carbocycles. The highest BCUT2D eigenvalue weighted by molar-refractivity contribution is 9.10. The average Bonchev–Trinajstić information content (AvgIpc) is 2.83. The summed E-state index contributed by atoms with van der Waals surface area (Å²) < 4.78 is 13.9. The van der Waals surface area contributed by atoms with Crippen LogP contribution in [0.4, 0.5) is 0 Å². The Morgan fingerprint density at radius 2 is 2.04 bits per heavy atom. The summed E-state index contributed by atoms with van der Waals surface area (Å²) in [5, 5.41) is 9.37. The molecule has 0 radical (unpaired) electrons. The smallest absolute Gasteiger partial charge is 0.352 e. The molecule has 0 amide bonds. The summed E-state index contributed by atoms with van der Waals surface area (Å²) in [6.45, 7) is 4.54. The van der Waals surface area contributed by atoms with E-state index in [4.69, 9.17) is 9.47 Å². The van der Waals surface area contributed by atoms with Gasteiger partial charge >= 0.3 is 5.97 Å². The molecular formula is C17H18BrNO4. The highest BCUT2D eigenvalue weighted by Gasteiger charge is 2.26. The highest BCUT2D eigenvalue weighted by Crippen LogP contribution is 2.43. The third-order valence-electron chi connectivity index (χ3n) is 3.88. The zero-order valence-electron chi connectivity index (χ0n) is 13.2. The molecule has 2 aromatic rings. The molecule has 0 saturated heterocycles. The van der Waals surface area contributed by atoms with Crippen molar-refractivity contribution in [1.82, 2.24) is 4.57 Å². The number of rotatable bonds is 4. The van der Waals surface area contributed by atoms with Crippen LogP contribution in [0.5, 0.6) is 11.5 Å². The minimum atomic E-state index is -0.924. The number of fused-ring (bicyclic) bond motifs is 3. The lowest BCUT2D eigenvalue weighted by Gasteiger charge is -2.23. The number of ether oxygens (including phenoxy) is 2. The Morgan fingerprint density at radius 3 is 2.65 bits per heavy atom. The fraction of sp³-hybridized carbons (Fsp3) is 0.353. The molecule has 0 spiro atoms. The summed E-state index contributed by atoms with van der Waals surface area (Å²) in [6, 6.07) is 5.58. The number of aromatic carboxylic acids is 1. The molecule has 23 heavy (non-hydrogen) atoms. The van der Waals surface area contributed by atoms with Crippen molar-refractivity contribution in [3.63, 3.8) is 0 Å². The van der Waals surface area contributed by atoms with Crippen molar-refractivity contribution in [3.8, 4) is 22.8 Å². The zero-order chi connectivity index (χ0) is 16.7. The highest BCUT2D eigenvalue weighted by atomic mass is 79.9. The molecule has 0 saturated carbocycles. The lowest BCUT2D eigenvalue weighted by Crippen LogP contribution is -2.16. The molecule has 5 nitrogen and oxygen atoms in total. The first-order chi connectivity index (χ1) is 10.9. The number of benzene rings is 1. The average molecular weight is 380 g/mol. The molecule has 3 rings (SSSR count).